The molecule has 1 saturated carbocycles. The van der Waals surface area contributed by atoms with Crippen LogP contribution in [0.5, 0.6) is 5.75 Å². The lowest BCUT2D eigenvalue weighted by Gasteiger charge is -2.35. The number of hydrogen-bond donors (Lipinski definition) is 1. The maximum atomic E-state index is 12.7. The third-order valence-corrected chi connectivity index (χ3v) is 7.13. The molecule has 1 aromatic carbocycles. The van der Waals surface area contributed by atoms with Crippen molar-refractivity contribution in [3.8, 4) is 16.3 Å². The Kier molecular flexibility index (Phi) is 6.82. The van der Waals surface area contributed by atoms with Crippen LogP contribution in [-0.2, 0) is 0 Å². The fourth-order valence-corrected chi connectivity index (χ4v) is 5.30. The lowest BCUT2D eigenvalue weighted by Crippen LogP contribution is -2.46. The Labute approximate surface area is 177 Å². The van der Waals surface area contributed by atoms with Crippen molar-refractivity contribution in [3.05, 3.63) is 35.3 Å². The van der Waals surface area contributed by atoms with E-state index in [2.05, 4.69) is 15.2 Å². The van der Waals surface area contributed by atoms with Gasteiger partial charge in [0.2, 0.25) is 0 Å². The minimum absolute atomic E-state index is 0.0493. The summed E-state index contributed by atoms with van der Waals surface area (Å²) in [5.41, 5.74) is 1.52. The van der Waals surface area contributed by atoms with Crippen LogP contribution in [0.2, 0.25) is 0 Å². The molecule has 2 aromatic rings. The van der Waals surface area contributed by atoms with Gasteiger partial charge in [-0.15, -0.1) is 11.3 Å². The number of aromatic nitrogens is 1. The van der Waals surface area contributed by atoms with Gasteiger partial charge in [-0.05, 0) is 55.9 Å². The zero-order valence-electron chi connectivity index (χ0n) is 17.2. The van der Waals surface area contributed by atoms with E-state index in [1.54, 1.807) is 7.11 Å². The summed E-state index contributed by atoms with van der Waals surface area (Å²) in [5, 5.41) is 5.92. The second-order valence-corrected chi connectivity index (χ2v) is 9.18. The number of carbonyl (C=O) groups is 1. The fourth-order valence-electron chi connectivity index (χ4n) is 4.50. The molecule has 156 valence electrons. The highest BCUT2D eigenvalue weighted by Gasteiger charge is 2.24. The molecule has 2 fully saturated rings. The summed E-state index contributed by atoms with van der Waals surface area (Å²) in [6.45, 7) is 3.43. The summed E-state index contributed by atoms with van der Waals surface area (Å²) < 4.78 is 5.20. The average Bonchev–Trinajstić information content (AvgIpc) is 3.26. The van der Waals surface area contributed by atoms with Crippen molar-refractivity contribution < 1.29 is 9.53 Å². The number of likely N-dealkylation sites (tertiary alicyclic amines) is 1. The number of amides is 1. The highest BCUT2D eigenvalue weighted by Crippen LogP contribution is 2.27. The van der Waals surface area contributed by atoms with Gasteiger partial charge in [-0.3, -0.25) is 4.79 Å². The van der Waals surface area contributed by atoms with Gasteiger partial charge in [0.1, 0.15) is 16.5 Å². The highest BCUT2D eigenvalue weighted by molar-refractivity contribution is 7.13. The normalized spacial score (nSPS) is 19.2. The van der Waals surface area contributed by atoms with Gasteiger partial charge in [-0.2, -0.15) is 0 Å². The molecule has 2 aliphatic rings. The standard InChI is InChI=1S/C23H31N3O2S/c1-28-20-9-7-18(8-10-20)23-25-21(16-29-23)22(27)24-19-11-13-26(14-12-19)15-17-5-3-2-4-6-17/h7-10,16-17,19H,2-6,11-15H2,1H3,(H,24,27). The van der Waals surface area contributed by atoms with E-state index in [1.165, 1.54) is 50.0 Å². The lowest BCUT2D eigenvalue weighted by atomic mass is 9.88. The molecule has 1 aromatic heterocycles. The van der Waals surface area contributed by atoms with Crippen molar-refractivity contribution >= 4 is 17.2 Å². The van der Waals surface area contributed by atoms with Crippen LogP contribution in [0.15, 0.2) is 29.6 Å². The molecule has 0 radical (unpaired) electrons. The van der Waals surface area contributed by atoms with E-state index in [1.807, 2.05) is 29.6 Å². The molecule has 1 N–H and O–H groups in total. The largest absolute Gasteiger partial charge is 0.497 e. The molecule has 29 heavy (non-hydrogen) atoms. The van der Waals surface area contributed by atoms with Crippen LogP contribution in [0.25, 0.3) is 10.6 Å². The van der Waals surface area contributed by atoms with Crippen molar-refractivity contribution in [2.75, 3.05) is 26.7 Å². The second-order valence-electron chi connectivity index (χ2n) is 8.32. The van der Waals surface area contributed by atoms with Gasteiger partial charge < -0.3 is 15.0 Å². The van der Waals surface area contributed by atoms with E-state index >= 15 is 0 Å². The van der Waals surface area contributed by atoms with Gasteiger partial charge in [0.15, 0.2) is 0 Å². The first kappa shape index (κ1) is 20.4. The Morgan fingerprint density at radius 2 is 1.86 bits per heavy atom. The van der Waals surface area contributed by atoms with Crippen molar-refractivity contribution in [3.63, 3.8) is 0 Å². The van der Waals surface area contributed by atoms with Gasteiger partial charge in [-0.25, -0.2) is 4.98 Å². The van der Waals surface area contributed by atoms with E-state index in [0.29, 0.717) is 5.69 Å². The minimum Gasteiger partial charge on any atom is -0.497 e. The van der Waals surface area contributed by atoms with Gasteiger partial charge in [0, 0.05) is 36.6 Å². The number of nitrogens with zero attached hydrogens (tertiary/aromatic N) is 2. The topological polar surface area (TPSA) is 54.5 Å². The van der Waals surface area contributed by atoms with E-state index in [0.717, 1.165) is 48.2 Å². The van der Waals surface area contributed by atoms with Crippen LogP contribution in [-0.4, -0.2) is 48.6 Å². The summed E-state index contributed by atoms with van der Waals surface area (Å²) >= 11 is 1.51. The number of nitrogens with one attached hydrogen (secondary N) is 1. The zero-order chi connectivity index (χ0) is 20.1. The predicted molar refractivity (Wildman–Crippen MR) is 118 cm³/mol. The molecule has 0 atom stereocenters. The molecule has 1 amide bonds. The van der Waals surface area contributed by atoms with Crippen LogP contribution < -0.4 is 10.1 Å². The van der Waals surface area contributed by atoms with Crippen LogP contribution >= 0.6 is 11.3 Å². The maximum absolute atomic E-state index is 12.7. The Morgan fingerprint density at radius 3 is 2.55 bits per heavy atom. The van der Waals surface area contributed by atoms with Crippen molar-refractivity contribution in [1.29, 1.82) is 0 Å². The number of ether oxygens (including phenoxy) is 1. The van der Waals surface area contributed by atoms with Crippen LogP contribution in [0.4, 0.5) is 0 Å². The Balaban J connectivity index is 1.26. The average molecular weight is 414 g/mol. The van der Waals surface area contributed by atoms with Gasteiger partial charge in [-0.1, -0.05) is 19.3 Å². The van der Waals surface area contributed by atoms with Crippen LogP contribution in [0.3, 0.4) is 0 Å². The molecule has 0 spiro atoms. The van der Waals surface area contributed by atoms with E-state index in [-0.39, 0.29) is 11.9 Å². The van der Waals surface area contributed by atoms with E-state index < -0.39 is 0 Å². The first-order chi connectivity index (χ1) is 14.2. The van der Waals surface area contributed by atoms with Gasteiger partial charge in [0.05, 0.1) is 7.11 Å². The first-order valence-electron chi connectivity index (χ1n) is 10.8. The van der Waals surface area contributed by atoms with Crippen LogP contribution in [0, 0.1) is 5.92 Å². The molecular weight excluding hydrogens is 382 g/mol. The van der Waals surface area contributed by atoms with Crippen molar-refractivity contribution in [2.24, 2.45) is 5.92 Å². The zero-order valence-corrected chi connectivity index (χ0v) is 18.0. The smallest absolute Gasteiger partial charge is 0.270 e. The molecule has 5 nitrogen and oxygen atoms in total. The number of piperidine rings is 1. The highest BCUT2D eigenvalue weighted by atomic mass is 32.1. The summed E-state index contributed by atoms with van der Waals surface area (Å²) in [5.74, 6) is 1.66. The van der Waals surface area contributed by atoms with Crippen molar-refractivity contribution in [1.82, 2.24) is 15.2 Å². The molecule has 1 saturated heterocycles. The van der Waals surface area contributed by atoms with Gasteiger partial charge in [0.25, 0.3) is 5.91 Å². The number of benzene rings is 1. The maximum Gasteiger partial charge on any atom is 0.270 e. The van der Waals surface area contributed by atoms with Crippen LogP contribution in [0.1, 0.15) is 55.4 Å². The summed E-state index contributed by atoms with van der Waals surface area (Å²) in [7, 11) is 1.65. The minimum atomic E-state index is -0.0493. The fraction of sp³-hybridized carbons (Fsp3) is 0.565. The molecule has 1 aliphatic heterocycles. The predicted octanol–water partition coefficient (Wildman–Crippen LogP) is 4.59. The number of hydrogen-bond acceptors (Lipinski definition) is 5. The third kappa shape index (κ3) is 5.37. The number of thiazole rings is 1. The summed E-state index contributed by atoms with van der Waals surface area (Å²) in [4.78, 5) is 19.8. The number of rotatable bonds is 6. The monoisotopic (exact) mass is 413 g/mol. The summed E-state index contributed by atoms with van der Waals surface area (Å²) in [6.07, 6.45) is 9.10. The SMILES string of the molecule is COc1ccc(-c2nc(C(=O)NC3CCN(CC4CCCCC4)CC3)cs2)cc1. The molecule has 6 heteroatoms. The Hall–Kier alpha value is -1.92. The van der Waals surface area contributed by atoms with Crippen molar-refractivity contribution in [2.45, 2.75) is 51.0 Å². The number of carbonyl (C=O) groups excluding carboxylic acids is 1. The molecule has 1 aliphatic carbocycles. The van der Waals surface area contributed by atoms with Gasteiger partial charge >= 0.3 is 0 Å². The Bertz CT molecular complexity index is 791. The molecule has 2 heterocycles. The summed E-state index contributed by atoms with van der Waals surface area (Å²) in [6, 6.07) is 8.04. The third-order valence-electron chi connectivity index (χ3n) is 6.24. The first-order valence-corrected chi connectivity index (χ1v) is 11.7. The van der Waals surface area contributed by atoms with E-state index in [4.69, 9.17) is 4.74 Å². The van der Waals surface area contributed by atoms with E-state index in [9.17, 15) is 4.79 Å². The second kappa shape index (κ2) is 9.72. The lowest BCUT2D eigenvalue weighted by molar-refractivity contribution is 0.0897. The molecule has 0 bridgehead atoms. The molecule has 4 rings (SSSR count). The molecule has 0 unspecified atom stereocenters. The Morgan fingerprint density at radius 1 is 1.14 bits per heavy atom. The molecular formula is C23H31N3O2S. The number of methoxy groups -OCH3 is 1. The quantitative estimate of drug-likeness (QED) is 0.752.